The number of thiazole rings is 1. The highest BCUT2D eigenvalue weighted by Gasteiger charge is 1.96. The summed E-state index contributed by atoms with van der Waals surface area (Å²) in [5, 5.41) is 3.00. The highest BCUT2D eigenvalue weighted by Crippen LogP contribution is 2.17. The van der Waals surface area contributed by atoms with Gasteiger partial charge in [0, 0.05) is 10.3 Å². The molecule has 0 atom stereocenters. The molecule has 3 heteroatoms. The monoisotopic (exact) mass is 157 g/mol. The second-order valence-electron chi connectivity index (χ2n) is 1.70. The number of rotatable bonds is 1. The summed E-state index contributed by atoms with van der Waals surface area (Å²) in [6, 6.07) is 0. The van der Waals surface area contributed by atoms with Crippen LogP contribution in [-0.4, -0.2) is 4.98 Å². The zero-order chi connectivity index (χ0) is 6.85. The van der Waals surface area contributed by atoms with E-state index < -0.39 is 0 Å². The Morgan fingerprint density at radius 3 is 2.78 bits per heavy atom. The Balaban J connectivity index is 2.98. The number of hydrogen-bond donors (Lipinski definition) is 1. The van der Waals surface area contributed by atoms with Crippen LogP contribution in [0.25, 0.3) is 4.91 Å². The first-order valence-corrected chi connectivity index (χ1v) is 3.83. The molecule has 48 valence electrons. The highest BCUT2D eigenvalue weighted by atomic mass is 32.1. The summed E-state index contributed by atoms with van der Waals surface area (Å²) in [4.78, 5) is 4.89. The fourth-order valence-corrected chi connectivity index (χ4v) is 1.33. The fraction of sp³-hybridized carbons (Fsp3) is 0.167. The van der Waals surface area contributed by atoms with E-state index in [-0.39, 0.29) is 0 Å². The number of aromatic nitrogens is 1. The Hall–Kier alpha value is -0.280. The minimum atomic E-state index is 0.736. The topological polar surface area (TPSA) is 12.9 Å². The van der Waals surface area contributed by atoms with E-state index in [9.17, 15) is 0 Å². The van der Waals surface area contributed by atoms with Crippen molar-refractivity contribution in [1.29, 1.82) is 0 Å². The van der Waals surface area contributed by atoms with E-state index in [1.807, 2.05) is 12.3 Å². The maximum absolute atomic E-state index is 4.15. The molecule has 0 radical (unpaired) electrons. The lowest BCUT2D eigenvalue weighted by Gasteiger charge is -1.85. The summed E-state index contributed by atoms with van der Waals surface area (Å²) < 4.78 is 0. The van der Waals surface area contributed by atoms with Crippen LogP contribution in [0.3, 0.4) is 0 Å². The van der Waals surface area contributed by atoms with Crippen LogP contribution < -0.4 is 0 Å². The van der Waals surface area contributed by atoms with E-state index >= 15 is 0 Å². The second-order valence-corrected chi connectivity index (χ2v) is 3.30. The third-order valence-corrected chi connectivity index (χ3v) is 1.92. The van der Waals surface area contributed by atoms with Crippen molar-refractivity contribution in [3.8, 4) is 0 Å². The molecule has 0 aromatic carbocycles. The number of aryl methyl sites for hydroxylation is 1. The summed E-state index contributed by atoms with van der Waals surface area (Å²) in [6.45, 7) is 5.61. The molecule has 1 aromatic heterocycles. The molecule has 9 heavy (non-hydrogen) atoms. The van der Waals surface area contributed by atoms with Crippen molar-refractivity contribution in [3.63, 3.8) is 0 Å². The average Bonchev–Trinajstić information content (AvgIpc) is 2.14. The second kappa shape index (κ2) is 2.54. The maximum Gasteiger partial charge on any atom is 0.0901 e. The van der Waals surface area contributed by atoms with Gasteiger partial charge in [-0.1, -0.05) is 6.58 Å². The number of thiol groups is 1. The van der Waals surface area contributed by atoms with Crippen LogP contribution in [-0.2, 0) is 0 Å². The Labute approximate surface area is 63.9 Å². The molecule has 0 fully saturated rings. The quantitative estimate of drug-likeness (QED) is 0.617. The fourth-order valence-electron chi connectivity index (χ4n) is 0.496. The van der Waals surface area contributed by atoms with Gasteiger partial charge >= 0.3 is 0 Å². The first-order valence-electron chi connectivity index (χ1n) is 2.50. The van der Waals surface area contributed by atoms with Gasteiger partial charge in [0.15, 0.2) is 0 Å². The molecule has 0 aliphatic carbocycles. The van der Waals surface area contributed by atoms with Gasteiger partial charge < -0.3 is 0 Å². The highest BCUT2D eigenvalue weighted by molar-refractivity contribution is 7.90. The Bertz CT molecular complexity index is 227. The standard InChI is InChI=1S/C6H7NS2/c1-4(8)6-3-9-5(2)7-6/h3,8H,1H2,2H3. The Kier molecular flexibility index (Phi) is 1.93. The van der Waals surface area contributed by atoms with Gasteiger partial charge in [0.25, 0.3) is 0 Å². The van der Waals surface area contributed by atoms with Gasteiger partial charge in [0.05, 0.1) is 10.7 Å². The lowest BCUT2D eigenvalue weighted by atomic mass is 10.5. The first kappa shape index (κ1) is 6.83. The molecule has 0 amide bonds. The van der Waals surface area contributed by atoms with E-state index in [1.165, 1.54) is 0 Å². The molecule has 1 nitrogen and oxygen atoms in total. The van der Waals surface area contributed by atoms with Crippen molar-refractivity contribution in [1.82, 2.24) is 4.98 Å². The van der Waals surface area contributed by atoms with Crippen LogP contribution in [0.2, 0.25) is 0 Å². The van der Waals surface area contributed by atoms with Crippen molar-refractivity contribution in [2.24, 2.45) is 0 Å². The molecule has 0 aliphatic rings. The summed E-state index contributed by atoms with van der Waals surface area (Å²) in [5.74, 6) is 0. The van der Waals surface area contributed by atoms with Crippen molar-refractivity contribution < 1.29 is 0 Å². The summed E-state index contributed by atoms with van der Waals surface area (Å²) in [7, 11) is 0. The lowest BCUT2D eigenvalue weighted by molar-refractivity contribution is 1.27. The van der Waals surface area contributed by atoms with Crippen molar-refractivity contribution in [2.75, 3.05) is 0 Å². The van der Waals surface area contributed by atoms with E-state index in [0.29, 0.717) is 0 Å². The van der Waals surface area contributed by atoms with Crippen molar-refractivity contribution in [3.05, 3.63) is 22.7 Å². The first-order chi connectivity index (χ1) is 4.20. The van der Waals surface area contributed by atoms with Gasteiger partial charge in [-0.25, -0.2) is 4.98 Å². The largest absolute Gasteiger partial charge is 0.241 e. The molecule has 1 rings (SSSR count). The molecule has 0 saturated heterocycles. The van der Waals surface area contributed by atoms with Gasteiger partial charge in [-0.2, -0.15) is 0 Å². The molecular weight excluding hydrogens is 150 g/mol. The number of nitrogens with zero attached hydrogens (tertiary/aromatic N) is 1. The van der Waals surface area contributed by atoms with Gasteiger partial charge in [-0.3, -0.25) is 0 Å². The van der Waals surface area contributed by atoms with E-state index in [2.05, 4.69) is 24.2 Å². The third kappa shape index (κ3) is 1.56. The molecule has 1 aromatic rings. The molecule has 0 aliphatic heterocycles. The van der Waals surface area contributed by atoms with E-state index in [1.54, 1.807) is 11.3 Å². The van der Waals surface area contributed by atoms with Crippen LogP contribution >= 0.6 is 24.0 Å². The maximum atomic E-state index is 4.15. The molecule has 1 heterocycles. The molecule has 0 saturated carbocycles. The average molecular weight is 157 g/mol. The third-order valence-electron chi connectivity index (χ3n) is 0.915. The normalized spacial score (nSPS) is 9.56. The van der Waals surface area contributed by atoms with Crippen LogP contribution in [0.15, 0.2) is 12.0 Å². The van der Waals surface area contributed by atoms with Gasteiger partial charge in [0.1, 0.15) is 0 Å². The lowest BCUT2D eigenvalue weighted by Crippen LogP contribution is -1.73. The van der Waals surface area contributed by atoms with Crippen LogP contribution in [0, 0.1) is 6.92 Å². The predicted molar refractivity (Wildman–Crippen MR) is 44.9 cm³/mol. The Morgan fingerprint density at radius 1 is 1.89 bits per heavy atom. The van der Waals surface area contributed by atoms with Crippen molar-refractivity contribution >= 4 is 28.9 Å². The SMILES string of the molecule is C=C(S)c1csc(C)n1. The minimum absolute atomic E-state index is 0.736. The van der Waals surface area contributed by atoms with Crippen LogP contribution in [0.5, 0.6) is 0 Å². The summed E-state index contributed by atoms with van der Waals surface area (Å²) in [6.07, 6.45) is 0. The van der Waals surface area contributed by atoms with Crippen LogP contribution in [0.1, 0.15) is 10.7 Å². The van der Waals surface area contributed by atoms with E-state index in [4.69, 9.17) is 0 Å². The van der Waals surface area contributed by atoms with Gasteiger partial charge in [0.2, 0.25) is 0 Å². The van der Waals surface area contributed by atoms with Crippen LogP contribution in [0.4, 0.5) is 0 Å². The molecule has 0 spiro atoms. The minimum Gasteiger partial charge on any atom is -0.241 e. The molecule has 0 bridgehead atoms. The zero-order valence-corrected chi connectivity index (χ0v) is 6.80. The molecule has 0 N–H and O–H groups in total. The van der Waals surface area contributed by atoms with Crippen molar-refractivity contribution in [2.45, 2.75) is 6.92 Å². The molecule has 0 unspecified atom stereocenters. The molecular formula is C6H7NS2. The summed E-state index contributed by atoms with van der Waals surface area (Å²) >= 11 is 5.66. The predicted octanol–water partition coefficient (Wildman–Crippen LogP) is 2.35. The van der Waals surface area contributed by atoms with Gasteiger partial charge in [-0.05, 0) is 6.92 Å². The Morgan fingerprint density at radius 2 is 2.56 bits per heavy atom. The summed E-state index contributed by atoms with van der Waals surface area (Å²) in [5.41, 5.74) is 0.890. The van der Waals surface area contributed by atoms with Gasteiger partial charge in [-0.15, -0.1) is 24.0 Å². The van der Waals surface area contributed by atoms with E-state index in [0.717, 1.165) is 15.6 Å². The zero-order valence-electron chi connectivity index (χ0n) is 5.09. The smallest absolute Gasteiger partial charge is 0.0901 e. The number of hydrogen-bond acceptors (Lipinski definition) is 3.